The van der Waals surface area contributed by atoms with Crippen LogP contribution in [0.15, 0.2) is 43.0 Å². The summed E-state index contributed by atoms with van der Waals surface area (Å²) in [4.78, 5) is 16.8. The van der Waals surface area contributed by atoms with Crippen LogP contribution < -0.4 is 5.48 Å². The van der Waals surface area contributed by atoms with Crippen molar-refractivity contribution in [3.8, 4) is 0 Å². The minimum Gasteiger partial charge on any atom is -0.443 e. The van der Waals surface area contributed by atoms with Gasteiger partial charge in [0.05, 0.1) is 6.10 Å². The van der Waals surface area contributed by atoms with Gasteiger partial charge in [-0.1, -0.05) is 50.3 Å². The van der Waals surface area contributed by atoms with E-state index >= 15 is 0 Å². The van der Waals surface area contributed by atoms with Gasteiger partial charge in [0.25, 0.3) is 0 Å². The summed E-state index contributed by atoms with van der Waals surface area (Å²) < 4.78 is 5.04. The lowest BCUT2D eigenvalue weighted by Gasteiger charge is -2.19. The molecule has 4 heteroatoms. The van der Waals surface area contributed by atoms with Crippen molar-refractivity contribution >= 4 is 6.09 Å². The SMILES string of the molecule is C=CCC(ONC(=O)OCc1ccccc1)C(C)C. The predicted octanol–water partition coefficient (Wildman–Crippen LogP) is 3.45. The summed E-state index contributed by atoms with van der Waals surface area (Å²) >= 11 is 0. The van der Waals surface area contributed by atoms with Gasteiger partial charge in [-0.3, -0.25) is 4.84 Å². The summed E-state index contributed by atoms with van der Waals surface area (Å²) in [5.74, 6) is 0.285. The second kappa shape index (κ2) is 8.32. The Kier molecular flexibility index (Phi) is 6.68. The first-order valence-electron chi connectivity index (χ1n) is 6.36. The van der Waals surface area contributed by atoms with Crippen LogP contribution in [0.25, 0.3) is 0 Å². The van der Waals surface area contributed by atoms with E-state index in [-0.39, 0.29) is 18.6 Å². The fourth-order valence-electron chi connectivity index (χ4n) is 1.50. The van der Waals surface area contributed by atoms with E-state index < -0.39 is 6.09 Å². The molecule has 0 bridgehead atoms. The number of rotatable bonds is 7. The molecule has 1 rings (SSSR count). The smallest absolute Gasteiger partial charge is 0.431 e. The first-order valence-corrected chi connectivity index (χ1v) is 6.36. The predicted molar refractivity (Wildman–Crippen MR) is 74.3 cm³/mol. The molecule has 1 atom stereocenters. The van der Waals surface area contributed by atoms with E-state index in [0.717, 1.165) is 5.56 Å². The standard InChI is InChI=1S/C15H21NO3/c1-4-8-14(12(2)3)19-16-15(17)18-11-13-9-6-5-7-10-13/h4-7,9-10,12,14H,1,8,11H2,2-3H3,(H,16,17). The van der Waals surface area contributed by atoms with Gasteiger partial charge in [-0.05, 0) is 17.9 Å². The van der Waals surface area contributed by atoms with Crippen molar-refractivity contribution < 1.29 is 14.4 Å². The molecule has 104 valence electrons. The molecule has 4 nitrogen and oxygen atoms in total. The molecular formula is C15H21NO3. The van der Waals surface area contributed by atoms with Crippen LogP contribution in [0.2, 0.25) is 0 Å². The number of hydrogen-bond acceptors (Lipinski definition) is 3. The third-order valence-corrected chi connectivity index (χ3v) is 2.65. The van der Waals surface area contributed by atoms with Gasteiger partial charge in [-0.2, -0.15) is 5.48 Å². The first kappa shape index (κ1) is 15.2. The molecule has 0 aromatic heterocycles. The van der Waals surface area contributed by atoms with E-state index in [2.05, 4.69) is 12.1 Å². The van der Waals surface area contributed by atoms with Gasteiger partial charge in [0.2, 0.25) is 0 Å². The molecule has 0 spiro atoms. The topological polar surface area (TPSA) is 47.6 Å². The Hall–Kier alpha value is -1.81. The maximum atomic E-state index is 11.5. The fourth-order valence-corrected chi connectivity index (χ4v) is 1.50. The molecule has 19 heavy (non-hydrogen) atoms. The van der Waals surface area contributed by atoms with Crippen LogP contribution in [0, 0.1) is 5.92 Å². The van der Waals surface area contributed by atoms with Crippen LogP contribution in [0.5, 0.6) is 0 Å². The zero-order valence-corrected chi connectivity index (χ0v) is 11.5. The zero-order chi connectivity index (χ0) is 14.1. The number of ether oxygens (including phenoxy) is 1. The summed E-state index contributed by atoms with van der Waals surface area (Å²) in [6, 6.07) is 9.48. The Morgan fingerprint density at radius 1 is 1.37 bits per heavy atom. The highest BCUT2D eigenvalue weighted by Crippen LogP contribution is 2.10. The molecule has 0 saturated carbocycles. The summed E-state index contributed by atoms with van der Waals surface area (Å²) in [5.41, 5.74) is 3.24. The van der Waals surface area contributed by atoms with Crippen molar-refractivity contribution in [1.29, 1.82) is 0 Å². The number of carbonyl (C=O) groups is 1. The minimum atomic E-state index is -0.585. The molecule has 0 saturated heterocycles. The first-order chi connectivity index (χ1) is 9.13. The van der Waals surface area contributed by atoms with Gasteiger partial charge >= 0.3 is 6.09 Å². The lowest BCUT2D eigenvalue weighted by Crippen LogP contribution is -2.32. The van der Waals surface area contributed by atoms with Crippen molar-refractivity contribution in [1.82, 2.24) is 5.48 Å². The van der Waals surface area contributed by atoms with Crippen LogP contribution in [-0.2, 0) is 16.2 Å². The second-order valence-electron chi connectivity index (χ2n) is 4.59. The molecule has 0 aliphatic heterocycles. The average Bonchev–Trinajstić information content (AvgIpc) is 2.42. The second-order valence-corrected chi connectivity index (χ2v) is 4.59. The summed E-state index contributed by atoms with van der Waals surface area (Å²) in [5, 5.41) is 0. The van der Waals surface area contributed by atoms with Gasteiger partial charge in [0.1, 0.15) is 6.61 Å². The van der Waals surface area contributed by atoms with Gasteiger partial charge in [-0.25, -0.2) is 4.79 Å². The van der Waals surface area contributed by atoms with E-state index in [9.17, 15) is 4.79 Å². The summed E-state index contributed by atoms with van der Waals surface area (Å²) in [6.07, 6.45) is 1.76. The zero-order valence-electron chi connectivity index (χ0n) is 11.5. The Morgan fingerprint density at radius 3 is 2.63 bits per heavy atom. The van der Waals surface area contributed by atoms with E-state index in [0.29, 0.717) is 6.42 Å². The maximum Gasteiger partial charge on any atom is 0.431 e. The molecule has 0 radical (unpaired) electrons. The highest BCUT2D eigenvalue weighted by molar-refractivity contribution is 5.65. The lowest BCUT2D eigenvalue weighted by atomic mass is 10.0. The van der Waals surface area contributed by atoms with E-state index in [1.54, 1.807) is 6.08 Å². The highest BCUT2D eigenvalue weighted by atomic mass is 16.7. The molecule has 1 N–H and O–H groups in total. The maximum absolute atomic E-state index is 11.5. The largest absolute Gasteiger partial charge is 0.443 e. The number of hydrogen-bond donors (Lipinski definition) is 1. The van der Waals surface area contributed by atoms with Crippen LogP contribution in [0.4, 0.5) is 4.79 Å². The molecule has 0 aliphatic carbocycles. The van der Waals surface area contributed by atoms with E-state index in [1.807, 2.05) is 44.2 Å². The third kappa shape index (κ3) is 6.06. The van der Waals surface area contributed by atoms with Crippen molar-refractivity contribution in [2.75, 3.05) is 0 Å². The number of nitrogens with one attached hydrogen (secondary N) is 1. The van der Waals surface area contributed by atoms with Crippen molar-refractivity contribution in [3.63, 3.8) is 0 Å². The summed E-state index contributed by atoms with van der Waals surface area (Å²) in [7, 11) is 0. The van der Waals surface area contributed by atoms with Crippen LogP contribution in [-0.4, -0.2) is 12.2 Å². The number of carbonyl (C=O) groups excluding carboxylic acids is 1. The normalized spacial score (nSPS) is 11.9. The monoisotopic (exact) mass is 263 g/mol. The van der Waals surface area contributed by atoms with Gasteiger partial charge in [0, 0.05) is 0 Å². The fraction of sp³-hybridized carbons (Fsp3) is 0.400. The molecule has 0 fully saturated rings. The van der Waals surface area contributed by atoms with Crippen molar-refractivity contribution in [2.24, 2.45) is 5.92 Å². The summed E-state index contributed by atoms with van der Waals surface area (Å²) in [6.45, 7) is 7.93. The Balaban J connectivity index is 2.29. The molecular weight excluding hydrogens is 242 g/mol. The van der Waals surface area contributed by atoms with Gasteiger partial charge in [0.15, 0.2) is 0 Å². The molecule has 1 aromatic carbocycles. The number of hydroxylamine groups is 1. The van der Waals surface area contributed by atoms with E-state index in [1.165, 1.54) is 0 Å². The van der Waals surface area contributed by atoms with Crippen LogP contribution >= 0.6 is 0 Å². The van der Waals surface area contributed by atoms with Gasteiger partial charge in [-0.15, -0.1) is 6.58 Å². The highest BCUT2D eigenvalue weighted by Gasteiger charge is 2.14. The number of amides is 1. The third-order valence-electron chi connectivity index (χ3n) is 2.65. The quantitative estimate of drug-likeness (QED) is 0.605. The average molecular weight is 263 g/mol. The van der Waals surface area contributed by atoms with Crippen LogP contribution in [0.3, 0.4) is 0 Å². The molecule has 0 aliphatic rings. The molecule has 1 unspecified atom stereocenters. The Bertz CT molecular complexity index is 390. The molecule has 1 amide bonds. The Morgan fingerprint density at radius 2 is 2.05 bits per heavy atom. The van der Waals surface area contributed by atoms with Crippen LogP contribution in [0.1, 0.15) is 25.8 Å². The van der Waals surface area contributed by atoms with Gasteiger partial charge < -0.3 is 4.74 Å². The van der Waals surface area contributed by atoms with Crippen molar-refractivity contribution in [3.05, 3.63) is 48.6 Å². The molecule has 0 heterocycles. The lowest BCUT2D eigenvalue weighted by molar-refractivity contribution is -0.0432. The van der Waals surface area contributed by atoms with E-state index in [4.69, 9.17) is 9.57 Å². The Labute approximate surface area is 114 Å². The van der Waals surface area contributed by atoms with Crippen molar-refractivity contribution in [2.45, 2.75) is 33.0 Å². The molecule has 1 aromatic rings. The number of benzene rings is 1. The minimum absolute atomic E-state index is 0.0956.